The second-order valence-electron chi connectivity index (χ2n) is 10.9. The molecule has 2 bridgehead atoms. The minimum absolute atomic E-state index is 0.268. The van der Waals surface area contributed by atoms with E-state index in [1.807, 2.05) is 55.5 Å². The summed E-state index contributed by atoms with van der Waals surface area (Å²) in [4.78, 5) is 55.5. The Kier molecular flexibility index (Phi) is 5.42. The van der Waals surface area contributed by atoms with E-state index in [9.17, 15) is 19.2 Å². The minimum atomic E-state index is -0.660. The standard InChI is InChI=1S/C32H26N2O6/c1-17-6-3-8-19(14-17)39-21-10-5-11-22(16-21)40-20-9-4-7-18(15-20)34-31(37)27-23-12-13-24(28(27)32(34)38)26-25(23)29(35)33(2)30(26)36/h3-16,23-28H,1-2H3. The highest BCUT2D eigenvalue weighted by Gasteiger charge is 2.68. The zero-order valence-corrected chi connectivity index (χ0v) is 21.9. The zero-order valence-electron chi connectivity index (χ0n) is 21.9. The molecule has 6 unspecified atom stereocenters. The number of rotatable bonds is 5. The van der Waals surface area contributed by atoms with E-state index >= 15 is 0 Å². The van der Waals surface area contributed by atoms with Crippen LogP contribution in [-0.4, -0.2) is 35.6 Å². The van der Waals surface area contributed by atoms with E-state index in [1.54, 1.807) is 36.4 Å². The van der Waals surface area contributed by atoms with Crippen LogP contribution in [0.15, 0.2) is 84.9 Å². The van der Waals surface area contributed by atoms with Gasteiger partial charge in [0.15, 0.2) is 0 Å². The lowest BCUT2D eigenvalue weighted by atomic mass is 9.54. The molecule has 3 aromatic rings. The summed E-state index contributed by atoms with van der Waals surface area (Å²) < 4.78 is 12.1. The molecule has 3 aliphatic carbocycles. The summed E-state index contributed by atoms with van der Waals surface area (Å²) in [6, 6.07) is 21.8. The van der Waals surface area contributed by atoms with E-state index < -0.39 is 35.5 Å². The Hall–Kier alpha value is -4.72. The molecule has 2 saturated heterocycles. The minimum Gasteiger partial charge on any atom is -0.457 e. The highest BCUT2D eigenvalue weighted by Crippen LogP contribution is 2.58. The Morgan fingerprint density at radius 3 is 1.57 bits per heavy atom. The van der Waals surface area contributed by atoms with Crippen molar-refractivity contribution in [2.45, 2.75) is 6.92 Å². The lowest BCUT2D eigenvalue weighted by Crippen LogP contribution is -2.50. The van der Waals surface area contributed by atoms with Gasteiger partial charge in [0.25, 0.3) is 0 Å². The molecule has 2 heterocycles. The van der Waals surface area contributed by atoms with Crippen LogP contribution >= 0.6 is 0 Å². The number of benzene rings is 3. The average Bonchev–Trinajstić information content (AvgIpc) is 3.36. The number of hydrogen-bond donors (Lipinski definition) is 0. The van der Waals surface area contributed by atoms with Gasteiger partial charge in [0, 0.05) is 31.0 Å². The van der Waals surface area contributed by atoms with Crippen molar-refractivity contribution >= 4 is 29.3 Å². The van der Waals surface area contributed by atoms with E-state index in [0.717, 1.165) is 10.5 Å². The number of hydrogen-bond acceptors (Lipinski definition) is 6. The van der Waals surface area contributed by atoms with Crippen molar-refractivity contribution in [3.8, 4) is 23.0 Å². The molecular formula is C32H26N2O6. The Morgan fingerprint density at radius 2 is 1.02 bits per heavy atom. The fraction of sp³-hybridized carbons (Fsp3) is 0.250. The average molecular weight is 535 g/mol. The Balaban J connectivity index is 1.14. The van der Waals surface area contributed by atoms with Gasteiger partial charge in [-0.15, -0.1) is 0 Å². The first-order valence-electron chi connectivity index (χ1n) is 13.3. The van der Waals surface area contributed by atoms with Crippen LogP contribution < -0.4 is 14.4 Å². The molecule has 0 aromatic heterocycles. The second-order valence-corrected chi connectivity index (χ2v) is 10.9. The molecule has 200 valence electrons. The molecule has 5 aliphatic rings. The van der Waals surface area contributed by atoms with Gasteiger partial charge in [-0.05, 0) is 48.9 Å². The molecule has 8 heteroatoms. The van der Waals surface area contributed by atoms with Gasteiger partial charge in [-0.3, -0.25) is 24.1 Å². The maximum absolute atomic E-state index is 13.7. The number of carbonyl (C=O) groups is 4. The summed E-state index contributed by atoms with van der Waals surface area (Å²) in [6.07, 6.45) is 3.72. The predicted octanol–water partition coefficient (Wildman–Crippen LogP) is 4.73. The molecule has 0 N–H and O–H groups in total. The van der Waals surface area contributed by atoms with E-state index in [0.29, 0.717) is 28.7 Å². The molecule has 3 aromatic carbocycles. The summed E-state index contributed by atoms with van der Waals surface area (Å²) in [5.74, 6) is -2.35. The van der Waals surface area contributed by atoms with Crippen LogP contribution in [0.3, 0.4) is 0 Å². The Bertz CT molecular complexity index is 1580. The van der Waals surface area contributed by atoms with E-state index in [-0.39, 0.29) is 23.6 Å². The SMILES string of the molecule is Cc1cccc(Oc2cccc(Oc3cccc(N4C(=O)C5C6C=CC(C7C(=O)N(C)C(=O)C67)C5C4=O)c3)c2)c1. The van der Waals surface area contributed by atoms with Crippen molar-refractivity contribution < 1.29 is 28.7 Å². The number of carbonyl (C=O) groups excluding carboxylic acids is 4. The van der Waals surface area contributed by atoms with E-state index in [2.05, 4.69) is 0 Å². The Morgan fingerprint density at radius 1 is 0.575 bits per heavy atom. The molecule has 0 radical (unpaired) electrons. The van der Waals surface area contributed by atoms with Crippen molar-refractivity contribution in [2.75, 3.05) is 11.9 Å². The number of anilines is 1. The second kappa shape index (κ2) is 8.91. The fourth-order valence-corrected chi connectivity index (χ4v) is 6.87. The van der Waals surface area contributed by atoms with Gasteiger partial charge < -0.3 is 9.47 Å². The number of likely N-dealkylation sites (tertiary alicyclic amines) is 1. The summed E-state index contributed by atoms with van der Waals surface area (Å²) in [5, 5.41) is 0. The fourth-order valence-electron chi connectivity index (χ4n) is 6.87. The molecule has 8 nitrogen and oxygen atoms in total. The van der Waals surface area contributed by atoms with Crippen LogP contribution in [0.5, 0.6) is 23.0 Å². The van der Waals surface area contributed by atoms with Gasteiger partial charge in [-0.25, -0.2) is 4.90 Å². The third-order valence-electron chi connectivity index (χ3n) is 8.57. The maximum Gasteiger partial charge on any atom is 0.238 e. The number of imide groups is 2. The van der Waals surface area contributed by atoms with Gasteiger partial charge in [-0.1, -0.05) is 36.4 Å². The number of ether oxygens (including phenoxy) is 2. The first-order chi connectivity index (χ1) is 19.3. The number of amides is 4. The molecule has 8 rings (SSSR count). The third-order valence-corrected chi connectivity index (χ3v) is 8.57. The predicted molar refractivity (Wildman–Crippen MR) is 145 cm³/mol. The first kappa shape index (κ1) is 24.3. The Labute approximate surface area is 230 Å². The normalized spacial score (nSPS) is 28.2. The summed E-state index contributed by atoms with van der Waals surface area (Å²) in [5.41, 5.74) is 1.48. The van der Waals surface area contributed by atoms with Crippen LogP contribution in [0, 0.1) is 42.4 Å². The number of allylic oxidation sites excluding steroid dienone is 2. The van der Waals surface area contributed by atoms with E-state index in [1.165, 1.54) is 11.9 Å². The molecule has 3 fully saturated rings. The van der Waals surface area contributed by atoms with Gasteiger partial charge in [-0.2, -0.15) is 0 Å². The van der Waals surface area contributed by atoms with Gasteiger partial charge in [0.05, 0.1) is 29.4 Å². The molecule has 1 saturated carbocycles. The molecule has 2 aliphatic heterocycles. The smallest absolute Gasteiger partial charge is 0.238 e. The van der Waals surface area contributed by atoms with Gasteiger partial charge in [0.2, 0.25) is 23.6 Å². The number of nitrogens with zero attached hydrogens (tertiary/aromatic N) is 2. The van der Waals surface area contributed by atoms with Crippen molar-refractivity contribution in [1.29, 1.82) is 0 Å². The van der Waals surface area contributed by atoms with Crippen molar-refractivity contribution in [3.63, 3.8) is 0 Å². The van der Waals surface area contributed by atoms with Crippen LogP contribution in [0.25, 0.3) is 0 Å². The lowest BCUT2D eigenvalue weighted by Gasteiger charge is -2.44. The zero-order chi connectivity index (χ0) is 27.7. The summed E-state index contributed by atoms with van der Waals surface area (Å²) in [6.45, 7) is 1.99. The summed E-state index contributed by atoms with van der Waals surface area (Å²) in [7, 11) is 1.48. The highest BCUT2D eigenvalue weighted by atomic mass is 16.5. The van der Waals surface area contributed by atoms with Crippen molar-refractivity contribution in [1.82, 2.24) is 4.90 Å². The highest BCUT2D eigenvalue weighted by molar-refractivity contribution is 6.23. The molecule has 6 atom stereocenters. The van der Waals surface area contributed by atoms with Gasteiger partial charge >= 0.3 is 0 Å². The van der Waals surface area contributed by atoms with Crippen LogP contribution in [-0.2, 0) is 19.2 Å². The van der Waals surface area contributed by atoms with Crippen molar-refractivity contribution in [3.05, 3.63) is 90.5 Å². The van der Waals surface area contributed by atoms with Crippen LogP contribution in [0.4, 0.5) is 5.69 Å². The molecule has 0 spiro atoms. The topological polar surface area (TPSA) is 93.2 Å². The van der Waals surface area contributed by atoms with Crippen LogP contribution in [0.1, 0.15) is 5.56 Å². The largest absolute Gasteiger partial charge is 0.457 e. The molecule has 4 amide bonds. The summed E-state index contributed by atoms with van der Waals surface area (Å²) >= 11 is 0. The van der Waals surface area contributed by atoms with Gasteiger partial charge in [0.1, 0.15) is 23.0 Å². The third kappa shape index (κ3) is 3.59. The first-order valence-corrected chi connectivity index (χ1v) is 13.3. The molecule has 40 heavy (non-hydrogen) atoms. The monoisotopic (exact) mass is 534 g/mol. The quantitative estimate of drug-likeness (QED) is 0.347. The number of aryl methyl sites for hydroxylation is 1. The van der Waals surface area contributed by atoms with Crippen LogP contribution in [0.2, 0.25) is 0 Å². The lowest BCUT2D eigenvalue weighted by molar-refractivity contribution is -0.138. The van der Waals surface area contributed by atoms with Crippen molar-refractivity contribution in [2.24, 2.45) is 35.5 Å². The van der Waals surface area contributed by atoms with E-state index in [4.69, 9.17) is 9.47 Å². The molecular weight excluding hydrogens is 508 g/mol. The maximum atomic E-state index is 13.7.